The van der Waals surface area contributed by atoms with Gasteiger partial charge in [0.15, 0.2) is 5.82 Å². The zero-order chi connectivity index (χ0) is 29.8. The molecule has 42 heavy (non-hydrogen) atoms. The van der Waals surface area contributed by atoms with E-state index >= 15 is 0 Å². The Kier molecular flexibility index (Phi) is 7.54. The van der Waals surface area contributed by atoms with Crippen molar-refractivity contribution in [2.45, 2.75) is 91.2 Å². The molecule has 8 nitrogen and oxygen atoms in total. The first kappa shape index (κ1) is 29.1. The molecule has 9 heteroatoms. The molecule has 1 saturated heterocycles. The summed E-state index contributed by atoms with van der Waals surface area (Å²) >= 11 is 1.78. The molecule has 2 aromatic heterocycles. The normalized spacial score (nSPS) is 23.9. The quantitative estimate of drug-likeness (QED) is 0.325. The molecule has 0 N–H and O–H groups in total. The Labute approximate surface area is 253 Å². The Balaban J connectivity index is 1.21. The van der Waals surface area contributed by atoms with E-state index in [1.165, 1.54) is 21.6 Å². The van der Waals surface area contributed by atoms with Crippen molar-refractivity contribution >= 4 is 23.1 Å². The summed E-state index contributed by atoms with van der Waals surface area (Å²) in [6.07, 6.45) is 5.52. The van der Waals surface area contributed by atoms with E-state index in [-0.39, 0.29) is 17.6 Å². The lowest BCUT2D eigenvalue weighted by Crippen LogP contribution is -2.37. The molecule has 3 aliphatic rings. The third-order valence-corrected chi connectivity index (χ3v) is 10.5. The van der Waals surface area contributed by atoms with Gasteiger partial charge in [-0.25, -0.2) is 4.79 Å². The number of methoxy groups -OCH3 is 1. The molecule has 1 aliphatic carbocycles. The van der Waals surface area contributed by atoms with Crippen molar-refractivity contribution in [3.05, 3.63) is 63.0 Å². The molecule has 0 unspecified atom stereocenters. The lowest BCUT2D eigenvalue weighted by Gasteiger charge is -2.37. The molecular weight excluding hydrogens is 546 g/mol. The summed E-state index contributed by atoms with van der Waals surface area (Å²) in [6, 6.07) is 8.87. The van der Waals surface area contributed by atoms with Gasteiger partial charge < -0.3 is 14.4 Å². The highest BCUT2D eigenvalue weighted by molar-refractivity contribution is 7.15. The smallest absolute Gasteiger partial charge is 0.410 e. The second-order valence-electron chi connectivity index (χ2n) is 13.4. The molecule has 1 saturated carbocycles. The molecule has 2 aliphatic heterocycles. The fraction of sp³-hybridized carbons (Fsp3) is 0.576. The maximum atomic E-state index is 12.7. The van der Waals surface area contributed by atoms with Gasteiger partial charge in [0.2, 0.25) is 0 Å². The van der Waals surface area contributed by atoms with Crippen molar-refractivity contribution in [2.75, 3.05) is 26.8 Å². The van der Waals surface area contributed by atoms with E-state index in [9.17, 15) is 4.79 Å². The highest BCUT2D eigenvalue weighted by Crippen LogP contribution is 2.48. The predicted molar refractivity (Wildman–Crippen MR) is 166 cm³/mol. The molecule has 4 heterocycles. The van der Waals surface area contributed by atoms with Crippen molar-refractivity contribution in [1.82, 2.24) is 19.7 Å². The van der Waals surface area contributed by atoms with Crippen molar-refractivity contribution in [3.63, 3.8) is 0 Å². The molecule has 2 fully saturated rings. The van der Waals surface area contributed by atoms with E-state index in [0.29, 0.717) is 12.5 Å². The van der Waals surface area contributed by atoms with Gasteiger partial charge in [-0.15, -0.1) is 21.5 Å². The van der Waals surface area contributed by atoms with E-state index in [2.05, 4.69) is 52.9 Å². The van der Waals surface area contributed by atoms with E-state index < -0.39 is 5.60 Å². The maximum Gasteiger partial charge on any atom is 0.410 e. The number of aliphatic imine (C=N–C) groups is 1. The van der Waals surface area contributed by atoms with Crippen LogP contribution < -0.4 is 0 Å². The van der Waals surface area contributed by atoms with Crippen LogP contribution in [0.15, 0.2) is 29.3 Å². The number of aryl methyl sites for hydroxylation is 2. The van der Waals surface area contributed by atoms with Crippen LogP contribution in [-0.2, 0) is 9.47 Å². The number of ether oxygens (including phenoxy) is 2. The molecule has 0 radical (unpaired) electrons. The molecule has 3 aromatic rings. The molecule has 0 bridgehead atoms. The SMILES string of the molecule is COC[C@@H]1N=C(c2ccc(C3CCC4(CC3)CCN(C(=O)OC(C)(C)C)C4)cc2)c2c(sc(C)c2C)-n2c(C)nnc21. The van der Waals surface area contributed by atoms with E-state index in [0.717, 1.165) is 73.1 Å². The number of thiophene rings is 1. The molecule has 6 rings (SSSR count). The molecule has 224 valence electrons. The third kappa shape index (κ3) is 5.30. The number of likely N-dealkylation sites (tertiary alicyclic amines) is 1. The number of hydrogen-bond donors (Lipinski definition) is 0. The number of amides is 1. The number of carbonyl (C=O) groups is 1. The fourth-order valence-corrected chi connectivity index (χ4v) is 8.17. The highest BCUT2D eigenvalue weighted by Gasteiger charge is 2.43. The number of aromatic nitrogens is 3. The average Bonchev–Trinajstić information content (AvgIpc) is 3.59. The van der Waals surface area contributed by atoms with Crippen LogP contribution in [0, 0.1) is 26.2 Å². The second-order valence-corrected chi connectivity index (χ2v) is 14.6. The van der Waals surface area contributed by atoms with Crippen LogP contribution in [0.25, 0.3) is 5.00 Å². The van der Waals surface area contributed by atoms with Crippen LogP contribution in [-0.4, -0.2) is 63.9 Å². The van der Waals surface area contributed by atoms with Gasteiger partial charge in [0.25, 0.3) is 0 Å². The summed E-state index contributed by atoms with van der Waals surface area (Å²) in [6.45, 7) is 14.2. The molecule has 1 spiro atoms. The number of hydrogen-bond acceptors (Lipinski definition) is 7. The number of rotatable bonds is 4. The molecular formula is C33H43N5O3S. The first-order valence-electron chi connectivity index (χ1n) is 15.2. The Bertz CT molecular complexity index is 1510. The monoisotopic (exact) mass is 589 g/mol. The van der Waals surface area contributed by atoms with Crippen LogP contribution >= 0.6 is 11.3 Å². The highest BCUT2D eigenvalue weighted by atomic mass is 32.1. The largest absolute Gasteiger partial charge is 0.444 e. The second kappa shape index (κ2) is 10.9. The minimum atomic E-state index is -0.454. The minimum Gasteiger partial charge on any atom is -0.444 e. The minimum absolute atomic E-state index is 0.166. The van der Waals surface area contributed by atoms with Crippen LogP contribution in [0.3, 0.4) is 0 Å². The lowest BCUT2D eigenvalue weighted by atomic mass is 9.68. The third-order valence-electron chi connectivity index (χ3n) is 9.36. The first-order chi connectivity index (χ1) is 20.0. The number of nitrogens with zero attached hydrogens (tertiary/aromatic N) is 5. The number of fused-ring (bicyclic) bond motifs is 3. The summed E-state index contributed by atoms with van der Waals surface area (Å²) in [4.78, 5) is 21.1. The van der Waals surface area contributed by atoms with Gasteiger partial charge in [-0.05, 0) is 96.1 Å². The van der Waals surface area contributed by atoms with Crippen LogP contribution in [0.4, 0.5) is 4.79 Å². The number of benzene rings is 1. The van der Waals surface area contributed by atoms with Crippen molar-refractivity contribution in [3.8, 4) is 5.00 Å². The molecule has 1 aromatic carbocycles. The van der Waals surface area contributed by atoms with Gasteiger partial charge in [0, 0.05) is 36.2 Å². The molecule has 1 amide bonds. The Morgan fingerprint density at radius 3 is 2.45 bits per heavy atom. The Morgan fingerprint density at radius 1 is 1.07 bits per heavy atom. The zero-order valence-corrected chi connectivity index (χ0v) is 26.8. The number of carbonyl (C=O) groups excluding carboxylic acids is 1. The van der Waals surface area contributed by atoms with Gasteiger partial charge in [0.05, 0.1) is 12.3 Å². The first-order valence-corrected chi connectivity index (χ1v) is 16.0. The van der Waals surface area contributed by atoms with Crippen molar-refractivity contribution < 1.29 is 14.3 Å². The topological polar surface area (TPSA) is 81.8 Å². The van der Waals surface area contributed by atoms with Crippen LogP contribution in [0.5, 0.6) is 0 Å². The fourth-order valence-electron chi connectivity index (χ4n) is 6.96. The van der Waals surface area contributed by atoms with Gasteiger partial charge >= 0.3 is 6.09 Å². The Hall–Kier alpha value is -3.04. The summed E-state index contributed by atoms with van der Waals surface area (Å²) in [7, 11) is 1.71. The van der Waals surface area contributed by atoms with Gasteiger partial charge in [0.1, 0.15) is 22.5 Å². The van der Waals surface area contributed by atoms with Crippen molar-refractivity contribution in [1.29, 1.82) is 0 Å². The zero-order valence-electron chi connectivity index (χ0n) is 26.0. The van der Waals surface area contributed by atoms with E-state index in [1.54, 1.807) is 18.4 Å². The van der Waals surface area contributed by atoms with Gasteiger partial charge in [-0.1, -0.05) is 24.3 Å². The lowest BCUT2D eigenvalue weighted by molar-refractivity contribution is 0.0260. The van der Waals surface area contributed by atoms with Crippen LogP contribution in [0.1, 0.15) is 104 Å². The van der Waals surface area contributed by atoms with Gasteiger partial charge in [-0.3, -0.25) is 9.56 Å². The predicted octanol–water partition coefficient (Wildman–Crippen LogP) is 7.08. The molecule has 1 atom stereocenters. The van der Waals surface area contributed by atoms with Crippen LogP contribution in [0.2, 0.25) is 0 Å². The summed E-state index contributed by atoms with van der Waals surface area (Å²) in [5.74, 6) is 2.24. The van der Waals surface area contributed by atoms with Crippen molar-refractivity contribution in [2.24, 2.45) is 10.4 Å². The van der Waals surface area contributed by atoms with E-state index in [4.69, 9.17) is 14.5 Å². The van der Waals surface area contributed by atoms with E-state index in [1.807, 2.05) is 32.6 Å². The summed E-state index contributed by atoms with van der Waals surface area (Å²) < 4.78 is 13.4. The van der Waals surface area contributed by atoms with Gasteiger partial charge in [-0.2, -0.15) is 0 Å². The maximum absolute atomic E-state index is 12.7. The Morgan fingerprint density at radius 2 is 1.79 bits per heavy atom. The standard InChI is InChI=1S/C33H43N5O3S/c1-20-21(2)42-30-27(20)28(34-26(18-40-7)29-36-35-22(3)38(29)30)25-10-8-23(9-11-25)24-12-14-33(15-13-24)16-17-37(19-33)31(39)41-32(4,5)6/h8-11,24,26H,12-19H2,1-7H3/t24?,26-,33?/m0/s1. The summed E-state index contributed by atoms with van der Waals surface area (Å²) in [5.41, 5.74) is 5.72. The average molecular weight is 590 g/mol. The summed E-state index contributed by atoms with van der Waals surface area (Å²) in [5, 5.41) is 10.1.